The third kappa shape index (κ3) is 4.01. The zero-order chi connectivity index (χ0) is 13.8. The van der Waals surface area contributed by atoms with Crippen LogP contribution in [0.2, 0.25) is 0 Å². The van der Waals surface area contributed by atoms with Crippen LogP contribution in [0.5, 0.6) is 0 Å². The molecule has 0 amide bonds. The van der Waals surface area contributed by atoms with Crippen molar-refractivity contribution in [2.45, 2.75) is 26.4 Å². The summed E-state index contributed by atoms with van der Waals surface area (Å²) in [6.07, 6.45) is 0.860. The van der Waals surface area contributed by atoms with E-state index in [-0.39, 0.29) is 11.9 Å². The van der Waals surface area contributed by atoms with Gasteiger partial charge in [0.05, 0.1) is 6.10 Å². The Morgan fingerprint density at radius 1 is 1.47 bits per heavy atom. The Morgan fingerprint density at radius 2 is 2.26 bits per heavy atom. The lowest BCUT2D eigenvalue weighted by atomic mass is 9.95. The summed E-state index contributed by atoms with van der Waals surface area (Å²) in [5.41, 5.74) is 0.670. The van der Waals surface area contributed by atoms with Crippen LogP contribution in [0.1, 0.15) is 31.9 Å². The zero-order valence-corrected chi connectivity index (χ0v) is 13.0. The van der Waals surface area contributed by atoms with Crippen LogP contribution in [0.25, 0.3) is 0 Å². The monoisotopic (exact) mass is 329 g/mol. The van der Waals surface area contributed by atoms with Gasteiger partial charge in [-0.1, -0.05) is 29.8 Å². The molecule has 1 saturated heterocycles. The third-order valence-corrected chi connectivity index (χ3v) is 3.93. The van der Waals surface area contributed by atoms with Crippen LogP contribution in [0.15, 0.2) is 22.7 Å². The maximum atomic E-state index is 13.9. The first kappa shape index (κ1) is 14.9. The van der Waals surface area contributed by atoms with E-state index in [1.54, 1.807) is 6.07 Å². The zero-order valence-electron chi connectivity index (χ0n) is 11.5. The normalized spacial score (nSPS) is 23.2. The average Bonchev–Trinajstić information content (AvgIpc) is 2.80. The van der Waals surface area contributed by atoms with Crippen molar-refractivity contribution in [3.8, 4) is 0 Å². The lowest BCUT2D eigenvalue weighted by Crippen LogP contribution is -2.28. The number of hydrogen-bond acceptors (Lipinski definition) is 2. The fourth-order valence-electron chi connectivity index (χ4n) is 2.48. The molecule has 2 rings (SSSR count). The molecule has 19 heavy (non-hydrogen) atoms. The molecule has 1 heterocycles. The van der Waals surface area contributed by atoms with E-state index in [4.69, 9.17) is 4.74 Å². The van der Waals surface area contributed by atoms with Crippen LogP contribution in [0.3, 0.4) is 0 Å². The Hall–Kier alpha value is -0.450. The average molecular weight is 330 g/mol. The first-order valence-corrected chi connectivity index (χ1v) is 7.64. The summed E-state index contributed by atoms with van der Waals surface area (Å²) in [7, 11) is 0. The third-order valence-electron chi connectivity index (χ3n) is 3.44. The summed E-state index contributed by atoms with van der Waals surface area (Å²) < 4.78 is 20.6. The van der Waals surface area contributed by atoms with Gasteiger partial charge in [0, 0.05) is 29.1 Å². The molecule has 1 aromatic rings. The highest BCUT2D eigenvalue weighted by Gasteiger charge is 2.31. The summed E-state index contributed by atoms with van der Waals surface area (Å²) in [5.74, 6) is 0.801. The predicted octanol–water partition coefficient (Wildman–Crippen LogP) is 3.91. The highest BCUT2D eigenvalue weighted by molar-refractivity contribution is 9.10. The predicted molar refractivity (Wildman–Crippen MR) is 78.6 cm³/mol. The van der Waals surface area contributed by atoms with Crippen LogP contribution in [-0.4, -0.2) is 19.7 Å². The van der Waals surface area contributed by atoms with Gasteiger partial charge in [-0.3, -0.25) is 0 Å². The second-order valence-electron chi connectivity index (χ2n) is 5.56. The van der Waals surface area contributed by atoms with Gasteiger partial charge in [0.1, 0.15) is 5.82 Å². The van der Waals surface area contributed by atoms with E-state index in [0.717, 1.165) is 24.0 Å². The fourth-order valence-corrected chi connectivity index (χ4v) is 2.86. The smallest absolute Gasteiger partial charge is 0.129 e. The lowest BCUT2D eigenvalue weighted by molar-refractivity contribution is 0.0873. The van der Waals surface area contributed by atoms with E-state index in [1.165, 1.54) is 6.07 Å². The summed E-state index contributed by atoms with van der Waals surface area (Å²) in [5, 5.41) is 3.45. The van der Waals surface area contributed by atoms with E-state index < -0.39 is 0 Å². The van der Waals surface area contributed by atoms with Crippen molar-refractivity contribution in [1.82, 2.24) is 5.32 Å². The summed E-state index contributed by atoms with van der Waals surface area (Å²) in [6.45, 7) is 6.96. The minimum Gasteiger partial charge on any atom is -0.373 e. The quantitative estimate of drug-likeness (QED) is 0.884. The van der Waals surface area contributed by atoms with Crippen molar-refractivity contribution >= 4 is 15.9 Å². The van der Waals surface area contributed by atoms with Crippen LogP contribution in [0.4, 0.5) is 4.39 Å². The molecule has 0 radical (unpaired) electrons. The molecule has 2 unspecified atom stereocenters. The Morgan fingerprint density at radius 3 is 3.00 bits per heavy atom. The number of ether oxygens (including phenoxy) is 1. The van der Waals surface area contributed by atoms with Gasteiger partial charge >= 0.3 is 0 Å². The SMILES string of the molecule is CC(C)CNCC1CCOC1c1cc(Br)ccc1F. The molecule has 1 aliphatic heterocycles. The van der Waals surface area contributed by atoms with Gasteiger partial charge in [-0.15, -0.1) is 0 Å². The molecule has 1 fully saturated rings. The van der Waals surface area contributed by atoms with Gasteiger partial charge in [-0.2, -0.15) is 0 Å². The first-order chi connectivity index (χ1) is 9.08. The van der Waals surface area contributed by atoms with Gasteiger partial charge in [0.15, 0.2) is 0 Å². The van der Waals surface area contributed by atoms with E-state index in [9.17, 15) is 4.39 Å². The molecule has 0 aromatic heterocycles. The topological polar surface area (TPSA) is 21.3 Å². The molecule has 106 valence electrons. The summed E-state index contributed by atoms with van der Waals surface area (Å²) >= 11 is 3.40. The van der Waals surface area contributed by atoms with Crippen molar-refractivity contribution in [3.05, 3.63) is 34.1 Å². The van der Waals surface area contributed by atoms with Crippen molar-refractivity contribution < 1.29 is 9.13 Å². The molecular formula is C15H21BrFNO. The largest absolute Gasteiger partial charge is 0.373 e. The van der Waals surface area contributed by atoms with E-state index in [2.05, 4.69) is 35.1 Å². The Balaban J connectivity index is 2.03. The number of halogens is 2. The standard InChI is InChI=1S/C15H21BrFNO/c1-10(2)8-18-9-11-5-6-19-15(11)13-7-12(16)3-4-14(13)17/h3-4,7,10-11,15,18H,5-6,8-9H2,1-2H3. The molecule has 0 aliphatic carbocycles. The van der Waals surface area contributed by atoms with Crippen LogP contribution < -0.4 is 5.32 Å². The summed E-state index contributed by atoms with van der Waals surface area (Å²) in [4.78, 5) is 0. The Labute approximate surface area is 122 Å². The Kier molecular flexibility index (Phi) is 5.37. The van der Waals surface area contributed by atoms with Crippen molar-refractivity contribution in [3.63, 3.8) is 0 Å². The van der Waals surface area contributed by atoms with Gasteiger partial charge in [-0.25, -0.2) is 4.39 Å². The molecule has 0 saturated carbocycles. The van der Waals surface area contributed by atoms with Gasteiger partial charge in [0.2, 0.25) is 0 Å². The molecule has 1 aliphatic rings. The van der Waals surface area contributed by atoms with Gasteiger partial charge < -0.3 is 10.1 Å². The Bertz CT molecular complexity index is 425. The van der Waals surface area contributed by atoms with E-state index in [0.29, 0.717) is 24.0 Å². The van der Waals surface area contributed by atoms with Gasteiger partial charge in [-0.05, 0) is 37.1 Å². The van der Waals surface area contributed by atoms with E-state index >= 15 is 0 Å². The number of nitrogens with one attached hydrogen (secondary N) is 1. The lowest BCUT2D eigenvalue weighted by Gasteiger charge is -2.20. The molecule has 2 nitrogen and oxygen atoms in total. The molecule has 0 bridgehead atoms. The molecular weight excluding hydrogens is 309 g/mol. The van der Waals surface area contributed by atoms with Crippen LogP contribution >= 0.6 is 15.9 Å². The second-order valence-corrected chi connectivity index (χ2v) is 6.47. The molecule has 4 heteroatoms. The minimum atomic E-state index is -0.177. The van der Waals surface area contributed by atoms with Crippen LogP contribution in [0, 0.1) is 17.7 Å². The van der Waals surface area contributed by atoms with E-state index in [1.807, 2.05) is 6.07 Å². The maximum Gasteiger partial charge on any atom is 0.129 e. The van der Waals surface area contributed by atoms with Crippen molar-refractivity contribution in [1.29, 1.82) is 0 Å². The van der Waals surface area contributed by atoms with Crippen molar-refractivity contribution in [2.75, 3.05) is 19.7 Å². The number of rotatable bonds is 5. The number of benzene rings is 1. The van der Waals surface area contributed by atoms with Crippen molar-refractivity contribution in [2.24, 2.45) is 11.8 Å². The molecule has 2 atom stereocenters. The van der Waals surface area contributed by atoms with Gasteiger partial charge in [0.25, 0.3) is 0 Å². The highest BCUT2D eigenvalue weighted by atomic mass is 79.9. The highest BCUT2D eigenvalue weighted by Crippen LogP contribution is 2.36. The minimum absolute atomic E-state index is 0.128. The first-order valence-electron chi connectivity index (χ1n) is 6.85. The maximum absolute atomic E-state index is 13.9. The second kappa shape index (κ2) is 6.82. The summed E-state index contributed by atoms with van der Waals surface area (Å²) in [6, 6.07) is 5.06. The van der Waals surface area contributed by atoms with Crippen LogP contribution in [-0.2, 0) is 4.74 Å². The molecule has 1 N–H and O–H groups in total. The fraction of sp³-hybridized carbons (Fsp3) is 0.600. The number of hydrogen-bond donors (Lipinski definition) is 1. The molecule has 1 aromatic carbocycles. The molecule has 0 spiro atoms.